The maximum absolute atomic E-state index is 13.4. The van der Waals surface area contributed by atoms with E-state index in [1.165, 1.54) is 24.7 Å². The summed E-state index contributed by atoms with van der Waals surface area (Å²) in [6.45, 7) is 1.19. The van der Waals surface area contributed by atoms with Gasteiger partial charge in [0.25, 0.3) is 10.0 Å². The van der Waals surface area contributed by atoms with Crippen LogP contribution in [0.2, 0.25) is 0 Å². The molecule has 4 aromatic rings. The van der Waals surface area contributed by atoms with Gasteiger partial charge in [-0.2, -0.15) is 0 Å². The molecule has 1 atom stereocenters. The van der Waals surface area contributed by atoms with E-state index in [1.54, 1.807) is 23.7 Å². The Morgan fingerprint density at radius 3 is 2.47 bits per heavy atom. The summed E-state index contributed by atoms with van der Waals surface area (Å²) in [6.07, 6.45) is 3.51. The monoisotopic (exact) mass is 476 g/mol. The molecular weight excluding hydrogens is 451 g/mol. The molecule has 1 aliphatic heterocycles. The smallest absolute Gasteiger partial charge is 0.259 e. The molecule has 1 N–H and O–H groups in total. The van der Waals surface area contributed by atoms with Gasteiger partial charge in [0.05, 0.1) is 6.33 Å². The molecular formula is C26H25FN4O2S. The number of nitrogens with zero attached hydrogens (tertiary/aromatic N) is 3. The molecule has 0 radical (unpaired) electrons. The Morgan fingerprint density at radius 2 is 1.76 bits per heavy atom. The van der Waals surface area contributed by atoms with Gasteiger partial charge >= 0.3 is 0 Å². The first-order valence-corrected chi connectivity index (χ1v) is 12.5. The van der Waals surface area contributed by atoms with Gasteiger partial charge in [-0.25, -0.2) is 22.5 Å². The van der Waals surface area contributed by atoms with Crippen LogP contribution in [0.4, 0.5) is 10.1 Å². The Morgan fingerprint density at radius 1 is 1.03 bits per heavy atom. The number of aryl methyl sites for hydroxylation is 1. The van der Waals surface area contributed by atoms with Crippen LogP contribution in [0.3, 0.4) is 0 Å². The topological polar surface area (TPSA) is 67.2 Å². The SMILES string of the molecule is Cn1cnc(S(=O)(=O)NC2Cc3cc(-c4ccc(F)cc4)ccc3N(Cc3ccccc3)C2)c1. The lowest BCUT2D eigenvalue weighted by atomic mass is 9.94. The molecule has 0 amide bonds. The molecule has 0 aliphatic carbocycles. The average Bonchev–Trinajstić information content (AvgIpc) is 3.27. The van der Waals surface area contributed by atoms with Crippen LogP contribution in [0.5, 0.6) is 0 Å². The summed E-state index contributed by atoms with van der Waals surface area (Å²) in [5, 5.41) is 0.00969. The van der Waals surface area contributed by atoms with Crippen LogP contribution < -0.4 is 9.62 Å². The van der Waals surface area contributed by atoms with E-state index in [0.717, 1.165) is 27.9 Å². The van der Waals surface area contributed by atoms with Gasteiger partial charge in [-0.05, 0) is 52.9 Å². The number of halogens is 1. The third-order valence-corrected chi connectivity index (χ3v) is 7.40. The largest absolute Gasteiger partial charge is 0.365 e. The summed E-state index contributed by atoms with van der Waals surface area (Å²) < 4.78 is 43.8. The number of hydrogen-bond acceptors (Lipinski definition) is 4. The van der Waals surface area contributed by atoms with Gasteiger partial charge in [0.2, 0.25) is 0 Å². The number of fused-ring (bicyclic) bond motifs is 1. The molecule has 0 bridgehead atoms. The molecule has 3 aromatic carbocycles. The predicted molar refractivity (Wildman–Crippen MR) is 130 cm³/mol. The van der Waals surface area contributed by atoms with Crippen LogP contribution in [-0.4, -0.2) is 30.6 Å². The van der Waals surface area contributed by atoms with Gasteiger partial charge in [-0.1, -0.05) is 48.5 Å². The van der Waals surface area contributed by atoms with Crippen molar-refractivity contribution in [2.24, 2.45) is 7.05 Å². The maximum Gasteiger partial charge on any atom is 0.259 e. The average molecular weight is 477 g/mol. The van der Waals surface area contributed by atoms with E-state index in [4.69, 9.17) is 0 Å². The zero-order chi connectivity index (χ0) is 23.7. The fourth-order valence-electron chi connectivity index (χ4n) is 4.41. The lowest BCUT2D eigenvalue weighted by molar-refractivity contribution is 0.523. The predicted octanol–water partition coefficient (Wildman–Crippen LogP) is 4.14. The van der Waals surface area contributed by atoms with Crippen LogP contribution in [0.1, 0.15) is 11.1 Å². The number of aromatic nitrogens is 2. The maximum atomic E-state index is 13.4. The zero-order valence-corrected chi connectivity index (χ0v) is 19.5. The number of sulfonamides is 1. The number of anilines is 1. The van der Waals surface area contributed by atoms with Gasteiger partial charge in [0.1, 0.15) is 5.82 Å². The third kappa shape index (κ3) is 4.73. The van der Waals surface area contributed by atoms with Crippen LogP contribution in [0.15, 0.2) is 90.3 Å². The Hall–Kier alpha value is -3.49. The summed E-state index contributed by atoms with van der Waals surface area (Å²) in [5.41, 5.74) is 5.13. The van der Waals surface area contributed by atoms with Crippen molar-refractivity contribution in [2.45, 2.75) is 24.0 Å². The van der Waals surface area contributed by atoms with E-state index in [1.807, 2.05) is 24.3 Å². The van der Waals surface area contributed by atoms with Crippen molar-refractivity contribution in [2.75, 3.05) is 11.4 Å². The normalized spacial score (nSPS) is 15.8. The molecule has 0 saturated heterocycles. The van der Waals surface area contributed by atoms with E-state index in [9.17, 15) is 12.8 Å². The minimum absolute atomic E-state index is 0.00969. The number of hydrogen-bond donors (Lipinski definition) is 1. The molecule has 0 spiro atoms. The Labute approximate surface area is 198 Å². The van der Waals surface area contributed by atoms with E-state index >= 15 is 0 Å². The van der Waals surface area contributed by atoms with Crippen LogP contribution >= 0.6 is 0 Å². The Bertz CT molecular complexity index is 1400. The Kier molecular flexibility index (Phi) is 5.93. The quantitative estimate of drug-likeness (QED) is 0.454. The second-order valence-electron chi connectivity index (χ2n) is 8.62. The molecule has 1 aromatic heterocycles. The summed E-state index contributed by atoms with van der Waals surface area (Å²) in [5.74, 6) is -0.278. The van der Waals surface area contributed by atoms with Gasteiger partial charge in [-0.15, -0.1) is 0 Å². The molecule has 34 heavy (non-hydrogen) atoms. The van der Waals surface area contributed by atoms with Gasteiger partial charge < -0.3 is 9.47 Å². The van der Waals surface area contributed by atoms with E-state index in [0.29, 0.717) is 19.5 Å². The zero-order valence-electron chi connectivity index (χ0n) is 18.7. The highest BCUT2D eigenvalue weighted by Crippen LogP contribution is 2.33. The molecule has 0 saturated carbocycles. The first-order chi connectivity index (χ1) is 16.4. The molecule has 6 nitrogen and oxygen atoms in total. The second kappa shape index (κ2) is 9.04. The van der Waals surface area contributed by atoms with Crippen molar-refractivity contribution in [3.63, 3.8) is 0 Å². The number of benzene rings is 3. The molecule has 0 fully saturated rings. The van der Waals surface area contributed by atoms with Crippen LogP contribution in [0.25, 0.3) is 11.1 Å². The highest BCUT2D eigenvalue weighted by Gasteiger charge is 2.29. The number of imidazole rings is 1. The molecule has 2 heterocycles. The second-order valence-corrected chi connectivity index (χ2v) is 10.3. The summed E-state index contributed by atoms with van der Waals surface area (Å²) >= 11 is 0. The van der Waals surface area contributed by atoms with E-state index < -0.39 is 10.0 Å². The van der Waals surface area contributed by atoms with E-state index in [2.05, 4.69) is 38.9 Å². The standard InChI is InChI=1S/C26H25FN4O2S/c1-30-17-26(28-18-30)34(32,33)29-24-14-22-13-21(20-7-10-23(27)11-8-20)9-12-25(22)31(16-24)15-19-5-3-2-4-6-19/h2-13,17-18,24,29H,14-16H2,1H3. The first kappa shape index (κ1) is 22.3. The fourth-order valence-corrected chi connectivity index (χ4v) is 5.62. The van der Waals surface area contributed by atoms with Crippen molar-refractivity contribution in [3.05, 3.63) is 102 Å². The van der Waals surface area contributed by atoms with Crippen molar-refractivity contribution >= 4 is 15.7 Å². The number of nitrogens with one attached hydrogen (secondary N) is 1. The van der Waals surface area contributed by atoms with Crippen molar-refractivity contribution < 1.29 is 12.8 Å². The molecule has 5 rings (SSSR count). The highest BCUT2D eigenvalue weighted by molar-refractivity contribution is 7.89. The Balaban J connectivity index is 1.48. The third-order valence-electron chi connectivity index (χ3n) is 6.00. The van der Waals surface area contributed by atoms with Gasteiger partial charge in [0, 0.05) is 38.1 Å². The van der Waals surface area contributed by atoms with Crippen molar-refractivity contribution in [1.29, 1.82) is 0 Å². The van der Waals surface area contributed by atoms with Crippen molar-refractivity contribution in [1.82, 2.24) is 14.3 Å². The molecule has 1 aliphatic rings. The van der Waals surface area contributed by atoms with Gasteiger partial charge in [-0.3, -0.25) is 0 Å². The minimum Gasteiger partial charge on any atom is -0.365 e. The highest BCUT2D eigenvalue weighted by atomic mass is 32.2. The summed E-state index contributed by atoms with van der Waals surface area (Å²) in [4.78, 5) is 6.22. The molecule has 1 unspecified atom stereocenters. The lowest BCUT2D eigenvalue weighted by Crippen LogP contribution is -2.48. The minimum atomic E-state index is -3.76. The lowest BCUT2D eigenvalue weighted by Gasteiger charge is -2.36. The summed E-state index contributed by atoms with van der Waals surface area (Å²) in [7, 11) is -2.02. The van der Waals surface area contributed by atoms with Crippen molar-refractivity contribution in [3.8, 4) is 11.1 Å². The fraction of sp³-hybridized carbons (Fsp3) is 0.192. The van der Waals surface area contributed by atoms with E-state index in [-0.39, 0.29) is 16.9 Å². The summed E-state index contributed by atoms with van der Waals surface area (Å²) in [6, 6.07) is 22.3. The van der Waals surface area contributed by atoms with Crippen LogP contribution in [-0.2, 0) is 30.0 Å². The van der Waals surface area contributed by atoms with Crippen LogP contribution in [0, 0.1) is 5.82 Å². The first-order valence-electron chi connectivity index (χ1n) is 11.1. The molecule has 174 valence electrons. The van der Waals surface area contributed by atoms with Gasteiger partial charge in [0.15, 0.2) is 5.03 Å². The molecule has 8 heteroatoms. The number of rotatable bonds is 6.